The predicted molar refractivity (Wildman–Crippen MR) is 79.6 cm³/mol. The van der Waals surface area contributed by atoms with Crippen molar-refractivity contribution >= 4 is 24.3 Å². The van der Waals surface area contributed by atoms with Gasteiger partial charge in [0.2, 0.25) is 0 Å². The number of carbonyl (C=O) groups excluding carboxylic acids is 2. The van der Waals surface area contributed by atoms with Crippen LogP contribution >= 0.6 is 12.4 Å². The molecule has 0 aromatic carbocycles. The number of methoxy groups -OCH3 is 1. The van der Waals surface area contributed by atoms with Crippen molar-refractivity contribution in [2.45, 2.75) is 25.3 Å². The van der Waals surface area contributed by atoms with Crippen LogP contribution in [-0.2, 0) is 9.53 Å². The molecule has 1 fully saturated rings. The number of nitrogens with zero attached hydrogens (tertiary/aromatic N) is 2. The van der Waals surface area contributed by atoms with Crippen LogP contribution in [0.5, 0.6) is 0 Å². The molecule has 1 saturated heterocycles. The lowest BCUT2D eigenvalue weighted by Crippen LogP contribution is -2.32. The first kappa shape index (κ1) is 17.5. The van der Waals surface area contributed by atoms with Crippen LogP contribution in [0.15, 0.2) is 12.3 Å². The number of carbonyl (C=O) groups is 2. The number of hydrogen-bond donors (Lipinski definition) is 2. The molecule has 1 aromatic heterocycles. The minimum atomic E-state index is -0.343. The maximum Gasteiger partial charge on any atom is 0.307 e. The molecule has 1 unspecified atom stereocenters. The molecule has 1 aromatic rings. The molecular weight excluding hydrogens is 296 g/mol. The summed E-state index contributed by atoms with van der Waals surface area (Å²) >= 11 is 0. The fraction of sp³-hybridized carbons (Fsp3) is 0.615. The number of nitrogens with one attached hydrogen (secondary N) is 2. The first-order valence-electron chi connectivity index (χ1n) is 6.81. The van der Waals surface area contributed by atoms with Gasteiger partial charge < -0.3 is 15.4 Å². The number of amides is 1. The molecule has 1 amide bonds. The first-order chi connectivity index (χ1) is 9.70. The third kappa shape index (κ3) is 5.02. The SMILES string of the molecule is COC(=O)CCNC(=O)c1ccn(C2CCCNC2)n1.Cl. The standard InChI is InChI=1S/C13H20N4O3.ClH/c1-20-12(18)4-7-15-13(19)11-5-8-17(16-11)10-3-2-6-14-9-10;/h5,8,10,14H,2-4,6-7,9H2,1H3,(H,15,19);1H. The first-order valence-corrected chi connectivity index (χ1v) is 6.81. The highest BCUT2D eigenvalue weighted by Gasteiger charge is 2.17. The van der Waals surface area contributed by atoms with E-state index in [1.165, 1.54) is 7.11 Å². The van der Waals surface area contributed by atoms with E-state index < -0.39 is 0 Å². The molecule has 118 valence electrons. The van der Waals surface area contributed by atoms with Gasteiger partial charge in [-0.1, -0.05) is 0 Å². The van der Waals surface area contributed by atoms with Crippen molar-refractivity contribution in [1.29, 1.82) is 0 Å². The van der Waals surface area contributed by atoms with Crippen molar-refractivity contribution in [2.24, 2.45) is 0 Å². The molecular formula is C13H21ClN4O3. The highest BCUT2D eigenvalue weighted by molar-refractivity contribution is 5.92. The number of aromatic nitrogens is 2. The maximum atomic E-state index is 11.9. The molecule has 0 bridgehead atoms. The molecule has 21 heavy (non-hydrogen) atoms. The largest absolute Gasteiger partial charge is 0.469 e. The highest BCUT2D eigenvalue weighted by Crippen LogP contribution is 2.15. The zero-order valence-corrected chi connectivity index (χ0v) is 12.8. The predicted octanol–water partition coefficient (Wildman–Crippen LogP) is 0.522. The Bertz CT molecular complexity index is 472. The lowest BCUT2D eigenvalue weighted by atomic mass is 10.1. The molecule has 2 N–H and O–H groups in total. The summed E-state index contributed by atoms with van der Waals surface area (Å²) in [7, 11) is 1.32. The number of esters is 1. The topological polar surface area (TPSA) is 85.2 Å². The van der Waals surface area contributed by atoms with Crippen LogP contribution < -0.4 is 10.6 Å². The summed E-state index contributed by atoms with van der Waals surface area (Å²) in [5, 5.41) is 10.3. The normalized spacial score (nSPS) is 17.7. The Labute approximate surface area is 129 Å². The quantitative estimate of drug-likeness (QED) is 0.774. The van der Waals surface area contributed by atoms with Crippen LogP contribution in [0.1, 0.15) is 35.8 Å². The van der Waals surface area contributed by atoms with Gasteiger partial charge in [0.05, 0.1) is 19.6 Å². The van der Waals surface area contributed by atoms with E-state index in [-0.39, 0.29) is 37.2 Å². The lowest BCUT2D eigenvalue weighted by Gasteiger charge is -2.22. The van der Waals surface area contributed by atoms with E-state index in [1.807, 2.05) is 10.9 Å². The van der Waals surface area contributed by atoms with Crippen molar-refractivity contribution < 1.29 is 14.3 Å². The summed E-state index contributed by atoms with van der Waals surface area (Å²) in [6, 6.07) is 2.00. The highest BCUT2D eigenvalue weighted by atomic mass is 35.5. The molecule has 0 saturated carbocycles. The molecule has 1 aliphatic rings. The van der Waals surface area contributed by atoms with Gasteiger partial charge in [-0.05, 0) is 25.5 Å². The molecule has 0 radical (unpaired) electrons. The van der Waals surface area contributed by atoms with Crippen molar-refractivity contribution in [2.75, 3.05) is 26.7 Å². The van der Waals surface area contributed by atoms with Gasteiger partial charge in [-0.15, -0.1) is 12.4 Å². The smallest absolute Gasteiger partial charge is 0.307 e. The molecule has 8 heteroatoms. The summed E-state index contributed by atoms with van der Waals surface area (Å²) in [6.07, 6.45) is 4.17. The van der Waals surface area contributed by atoms with Gasteiger partial charge >= 0.3 is 5.97 Å². The Hall–Kier alpha value is -1.60. The monoisotopic (exact) mass is 316 g/mol. The lowest BCUT2D eigenvalue weighted by molar-refractivity contribution is -0.140. The zero-order chi connectivity index (χ0) is 14.4. The van der Waals surface area contributed by atoms with Crippen LogP contribution in [0.4, 0.5) is 0 Å². The number of halogens is 1. The molecule has 1 atom stereocenters. The van der Waals surface area contributed by atoms with E-state index >= 15 is 0 Å². The number of rotatable bonds is 5. The minimum absolute atomic E-state index is 0. The Morgan fingerprint density at radius 3 is 3.05 bits per heavy atom. The van der Waals surface area contributed by atoms with Crippen LogP contribution in [0.25, 0.3) is 0 Å². The number of piperidine rings is 1. The Balaban J connectivity index is 0.00000220. The van der Waals surface area contributed by atoms with Crippen molar-refractivity contribution in [3.05, 3.63) is 18.0 Å². The van der Waals surface area contributed by atoms with E-state index in [4.69, 9.17) is 0 Å². The second-order valence-corrected chi connectivity index (χ2v) is 4.76. The molecule has 2 rings (SSSR count). The minimum Gasteiger partial charge on any atom is -0.469 e. The van der Waals surface area contributed by atoms with Crippen molar-refractivity contribution in [3.8, 4) is 0 Å². The third-order valence-electron chi connectivity index (χ3n) is 3.33. The number of hydrogen-bond acceptors (Lipinski definition) is 5. The van der Waals surface area contributed by atoms with Crippen LogP contribution in [0.2, 0.25) is 0 Å². The summed E-state index contributed by atoms with van der Waals surface area (Å²) in [5.41, 5.74) is 0.375. The van der Waals surface area contributed by atoms with Crippen LogP contribution in [-0.4, -0.2) is 48.4 Å². The zero-order valence-electron chi connectivity index (χ0n) is 12.0. The molecule has 0 spiro atoms. The molecule has 2 heterocycles. The average Bonchev–Trinajstić information content (AvgIpc) is 2.97. The maximum absolute atomic E-state index is 11.9. The van der Waals surface area contributed by atoms with E-state index in [9.17, 15) is 9.59 Å². The number of ether oxygens (including phenoxy) is 1. The second kappa shape index (κ2) is 8.63. The van der Waals surface area contributed by atoms with Gasteiger partial charge in [0.15, 0.2) is 0 Å². The van der Waals surface area contributed by atoms with E-state index in [2.05, 4.69) is 20.5 Å². The Morgan fingerprint density at radius 1 is 1.57 bits per heavy atom. The Kier molecular flexibility index (Phi) is 7.18. The third-order valence-corrected chi connectivity index (χ3v) is 3.33. The fourth-order valence-electron chi connectivity index (χ4n) is 2.19. The van der Waals surface area contributed by atoms with E-state index in [0.717, 1.165) is 25.9 Å². The molecule has 7 nitrogen and oxygen atoms in total. The molecule has 0 aliphatic carbocycles. The fourth-order valence-corrected chi connectivity index (χ4v) is 2.19. The summed E-state index contributed by atoms with van der Waals surface area (Å²) < 4.78 is 6.34. The molecule has 1 aliphatic heterocycles. The van der Waals surface area contributed by atoms with Gasteiger partial charge in [0, 0.05) is 19.3 Å². The van der Waals surface area contributed by atoms with Gasteiger partial charge in [0.25, 0.3) is 5.91 Å². The van der Waals surface area contributed by atoms with Gasteiger partial charge in [-0.25, -0.2) is 0 Å². The van der Waals surface area contributed by atoms with Crippen molar-refractivity contribution in [3.63, 3.8) is 0 Å². The van der Waals surface area contributed by atoms with Gasteiger partial charge in [0.1, 0.15) is 5.69 Å². The van der Waals surface area contributed by atoms with Gasteiger partial charge in [-0.2, -0.15) is 5.10 Å². The van der Waals surface area contributed by atoms with E-state index in [1.54, 1.807) is 6.07 Å². The summed E-state index contributed by atoms with van der Waals surface area (Å²) in [5.74, 6) is -0.611. The van der Waals surface area contributed by atoms with Crippen LogP contribution in [0.3, 0.4) is 0 Å². The summed E-state index contributed by atoms with van der Waals surface area (Å²) in [4.78, 5) is 22.8. The average molecular weight is 317 g/mol. The van der Waals surface area contributed by atoms with E-state index in [0.29, 0.717) is 11.7 Å². The Morgan fingerprint density at radius 2 is 2.38 bits per heavy atom. The van der Waals surface area contributed by atoms with Crippen LogP contribution in [0, 0.1) is 0 Å². The van der Waals surface area contributed by atoms with Gasteiger partial charge in [-0.3, -0.25) is 14.3 Å². The second-order valence-electron chi connectivity index (χ2n) is 4.76. The summed E-state index contributed by atoms with van der Waals surface area (Å²) in [6.45, 7) is 2.17. The van der Waals surface area contributed by atoms with Crippen molar-refractivity contribution in [1.82, 2.24) is 20.4 Å².